The summed E-state index contributed by atoms with van der Waals surface area (Å²) < 4.78 is 5.65. The van der Waals surface area contributed by atoms with Gasteiger partial charge in [-0.1, -0.05) is 6.42 Å². The minimum absolute atomic E-state index is 0.406. The first kappa shape index (κ1) is 13.9. The maximum atomic E-state index is 10.9. The predicted octanol–water partition coefficient (Wildman–Crippen LogP) is 2.04. The maximum Gasteiger partial charge on any atom is 0.248 e. The highest BCUT2D eigenvalue weighted by molar-refractivity contribution is 5.92. The lowest BCUT2D eigenvalue weighted by atomic mass is 10.1. The molecule has 1 saturated heterocycles. The van der Waals surface area contributed by atoms with E-state index in [0.29, 0.717) is 12.2 Å². The van der Waals surface area contributed by atoms with E-state index in [1.54, 1.807) is 24.3 Å². The molecule has 0 saturated carbocycles. The molecule has 1 aromatic rings. The van der Waals surface area contributed by atoms with Crippen LogP contribution in [0.4, 0.5) is 0 Å². The molecular formula is C15H22N2O2. The van der Waals surface area contributed by atoms with E-state index in [0.717, 1.165) is 18.7 Å². The molecular weight excluding hydrogens is 240 g/mol. The van der Waals surface area contributed by atoms with E-state index in [9.17, 15) is 4.79 Å². The number of nitrogens with zero attached hydrogens (tertiary/aromatic N) is 1. The van der Waals surface area contributed by atoms with Crippen LogP contribution >= 0.6 is 0 Å². The van der Waals surface area contributed by atoms with Crippen molar-refractivity contribution in [1.29, 1.82) is 0 Å². The van der Waals surface area contributed by atoms with Crippen LogP contribution in [0.3, 0.4) is 0 Å². The fraction of sp³-hybridized carbons (Fsp3) is 0.533. The minimum Gasteiger partial charge on any atom is -0.494 e. The molecule has 1 aliphatic rings. The second-order valence-electron chi connectivity index (χ2n) is 4.99. The number of carbonyl (C=O) groups excluding carboxylic acids is 1. The molecule has 0 unspecified atom stereocenters. The topological polar surface area (TPSA) is 55.6 Å². The first-order chi connectivity index (χ1) is 9.25. The van der Waals surface area contributed by atoms with Crippen molar-refractivity contribution in [2.24, 2.45) is 5.73 Å². The van der Waals surface area contributed by atoms with Crippen LogP contribution in [-0.4, -0.2) is 37.0 Å². The van der Waals surface area contributed by atoms with Crippen molar-refractivity contribution in [2.45, 2.75) is 25.7 Å². The van der Waals surface area contributed by atoms with E-state index in [-0.39, 0.29) is 0 Å². The number of piperidine rings is 1. The van der Waals surface area contributed by atoms with Crippen LogP contribution in [0, 0.1) is 0 Å². The van der Waals surface area contributed by atoms with Gasteiger partial charge in [-0.3, -0.25) is 4.79 Å². The van der Waals surface area contributed by atoms with Gasteiger partial charge in [0.15, 0.2) is 0 Å². The smallest absolute Gasteiger partial charge is 0.248 e. The lowest BCUT2D eigenvalue weighted by Crippen LogP contribution is -2.31. The van der Waals surface area contributed by atoms with E-state index in [1.165, 1.54) is 32.4 Å². The van der Waals surface area contributed by atoms with E-state index >= 15 is 0 Å². The highest BCUT2D eigenvalue weighted by Crippen LogP contribution is 2.13. The summed E-state index contributed by atoms with van der Waals surface area (Å²) in [6, 6.07) is 6.98. The number of amides is 1. The summed E-state index contributed by atoms with van der Waals surface area (Å²) in [6.07, 6.45) is 5.07. The Morgan fingerprint density at radius 3 is 2.47 bits per heavy atom. The number of hydrogen-bond acceptors (Lipinski definition) is 3. The molecule has 1 aromatic carbocycles. The zero-order valence-corrected chi connectivity index (χ0v) is 11.3. The van der Waals surface area contributed by atoms with Gasteiger partial charge < -0.3 is 15.4 Å². The van der Waals surface area contributed by atoms with Crippen molar-refractivity contribution in [1.82, 2.24) is 4.90 Å². The Morgan fingerprint density at radius 1 is 1.16 bits per heavy atom. The molecule has 1 aliphatic heterocycles. The zero-order valence-electron chi connectivity index (χ0n) is 11.3. The molecule has 1 amide bonds. The van der Waals surface area contributed by atoms with Crippen molar-refractivity contribution in [3.05, 3.63) is 29.8 Å². The van der Waals surface area contributed by atoms with Crippen molar-refractivity contribution in [3.8, 4) is 5.75 Å². The second kappa shape index (κ2) is 7.14. The molecule has 0 spiro atoms. The molecule has 0 radical (unpaired) electrons. The van der Waals surface area contributed by atoms with Crippen LogP contribution in [0.15, 0.2) is 24.3 Å². The number of benzene rings is 1. The summed E-state index contributed by atoms with van der Waals surface area (Å²) in [5, 5.41) is 0. The number of likely N-dealkylation sites (tertiary alicyclic amines) is 1. The van der Waals surface area contributed by atoms with Gasteiger partial charge in [0.1, 0.15) is 5.75 Å². The molecule has 0 bridgehead atoms. The predicted molar refractivity (Wildman–Crippen MR) is 75.4 cm³/mol. The largest absolute Gasteiger partial charge is 0.494 e. The van der Waals surface area contributed by atoms with Crippen molar-refractivity contribution in [3.63, 3.8) is 0 Å². The monoisotopic (exact) mass is 262 g/mol. The standard InChI is InChI=1S/C15H22N2O2/c16-15(18)13-5-7-14(8-6-13)19-12-4-11-17-9-2-1-3-10-17/h5-8H,1-4,9-12H2,(H2,16,18). The fourth-order valence-electron chi connectivity index (χ4n) is 2.38. The van der Waals surface area contributed by atoms with Gasteiger partial charge in [-0.2, -0.15) is 0 Å². The molecule has 19 heavy (non-hydrogen) atoms. The van der Waals surface area contributed by atoms with Gasteiger partial charge in [0, 0.05) is 12.1 Å². The SMILES string of the molecule is NC(=O)c1ccc(OCCCN2CCCCC2)cc1. The molecule has 1 fully saturated rings. The minimum atomic E-state index is -0.406. The Bertz CT molecular complexity index is 397. The molecule has 0 aromatic heterocycles. The first-order valence-corrected chi connectivity index (χ1v) is 7.01. The molecule has 2 rings (SSSR count). The summed E-state index contributed by atoms with van der Waals surface area (Å²) in [5.41, 5.74) is 5.70. The van der Waals surface area contributed by atoms with Crippen LogP contribution in [0.2, 0.25) is 0 Å². The Kier molecular flexibility index (Phi) is 5.21. The molecule has 104 valence electrons. The Hall–Kier alpha value is -1.55. The van der Waals surface area contributed by atoms with Gasteiger partial charge >= 0.3 is 0 Å². The molecule has 4 nitrogen and oxygen atoms in total. The second-order valence-corrected chi connectivity index (χ2v) is 4.99. The van der Waals surface area contributed by atoms with Gasteiger partial charge in [-0.05, 0) is 56.6 Å². The van der Waals surface area contributed by atoms with E-state index < -0.39 is 5.91 Å². The number of carbonyl (C=O) groups is 1. The molecule has 1 heterocycles. The number of nitrogens with two attached hydrogens (primary N) is 1. The Balaban J connectivity index is 1.66. The molecule has 4 heteroatoms. The zero-order chi connectivity index (χ0) is 13.5. The Labute approximate surface area is 114 Å². The summed E-state index contributed by atoms with van der Waals surface area (Å²) >= 11 is 0. The van der Waals surface area contributed by atoms with Crippen LogP contribution in [0.1, 0.15) is 36.0 Å². The van der Waals surface area contributed by atoms with Crippen molar-refractivity contribution < 1.29 is 9.53 Å². The van der Waals surface area contributed by atoms with Crippen molar-refractivity contribution >= 4 is 5.91 Å². The van der Waals surface area contributed by atoms with Gasteiger partial charge in [0.25, 0.3) is 0 Å². The Morgan fingerprint density at radius 2 is 1.84 bits per heavy atom. The van der Waals surface area contributed by atoms with Gasteiger partial charge in [-0.25, -0.2) is 0 Å². The van der Waals surface area contributed by atoms with E-state index in [4.69, 9.17) is 10.5 Å². The average Bonchev–Trinajstić information content (AvgIpc) is 2.45. The normalized spacial score (nSPS) is 16.2. The van der Waals surface area contributed by atoms with E-state index in [2.05, 4.69) is 4.90 Å². The number of rotatable bonds is 6. The van der Waals surface area contributed by atoms with Crippen LogP contribution in [0.5, 0.6) is 5.75 Å². The lowest BCUT2D eigenvalue weighted by Gasteiger charge is -2.26. The molecule has 2 N–H and O–H groups in total. The third kappa shape index (κ3) is 4.56. The van der Waals surface area contributed by atoms with Crippen LogP contribution in [0.25, 0.3) is 0 Å². The fourth-order valence-corrected chi connectivity index (χ4v) is 2.38. The molecule has 0 atom stereocenters. The summed E-state index contributed by atoms with van der Waals surface area (Å²) in [5.74, 6) is 0.389. The third-order valence-corrected chi connectivity index (χ3v) is 3.47. The molecule has 0 aliphatic carbocycles. The first-order valence-electron chi connectivity index (χ1n) is 7.01. The number of hydrogen-bond donors (Lipinski definition) is 1. The maximum absolute atomic E-state index is 10.9. The van der Waals surface area contributed by atoms with E-state index in [1.807, 2.05) is 0 Å². The highest BCUT2D eigenvalue weighted by atomic mass is 16.5. The highest BCUT2D eigenvalue weighted by Gasteiger charge is 2.09. The van der Waals surface area contributed by atoms with Crippen molar-refractivity contribution in [2.75, 3.05) is 26.2 Å². The number of primary amides is 1. The van der Waals surface area contributed by atoms with Gasteiger partial charge in [-0.15, -0.1) is 0 Å². The van der Waals surface area contributed by atoms with Crippen LogP contribution < -0.4 is 10.5 Å². The summed E-state index contributed by atoms with van der Waals surface area (Å²) in [7, 11) is 0. The third-order valence-electron chi connectivity index (χ3n) is 3.47. The van der Waals surface area contributed by atoms with Gasteiger partial charge in [0.2, 0.25) is 5.91 Å². The summed E-state index contributed by atoms with van der Waals surface area (Å²) in [4.78, 5) is 13.4. The summed E-state index contributed by atoms with van der Waals surface area (Å²) in [6.45, 7) is 4.28. The quantitative estimate of drug-likeness (QED) is 0.798. The number of ether oxygens (including phenoxy) is 1. The lowest BCUT2D eigenvalue weighted by molar-refractivity contribution is 0.100. The van der Waals surface area contributed by atoms with Gasteiger partial charge in [0.05, 0.1) is 6.61 Å². The average molecular weight is 262 g/mol. The van der Waals surface area contributed by atoms with Crippen LogP contribution in [-0.2, 0) is 0 Å².